The number of rotatable bonds is 6. The highest BCUT2D eigenvalue weighted by Gasteiger charge is 2.01. The van der Waals surface area contributed by atoms with Gasteiger partial charge in [-0.25, -0.2) is 0 Å². The molecule has 0 unspecified atom stereocenters. The highest BCUT2D eigenvalue weighted by molar-refractivity contribution is 7.80. The van der Waals surface area contributed by atoms with Crippen molar-refractivity contribution in [2.75, 3.05) is 13.1 Å². The largest absolute Gasteiger partial charge is 0.376 e. The predicted molar refractivity (Wildman–Crippen MR) is 87.6 cm³/mol. The monoisotopic (exact) mass is 293 g/mol. The fourth-order valence-corrected chi connectivity index (χ4v) is 1.65. The van der Waals surface area contributed by atoms with E-state index in [1.165, 1.54) is 0 Å². The number of aromatic nitrogens is 1. The van der Waals surface area contributed by atoms with Gasteiger partial charge in [0.2, 0.25) is 0 Å². The van der Waals surface area contributed by atoms with Crippen LogP contribution in [0.25, 0.3) is 0 Å². The lowest BCUT2D eigenvalue weighted by Crippen LogP contribution is -2.44. The van der Waals surface area contributed by atoms with Gasteiger partial charge in [0.05, 0.1) is 0 Å². The normalized spacial score (nSPS) is 11.4. The number of thiocarbonyl (C=S) groups is 1. The number of nitrogens with one attached hydrogen (secondary N) is 2. The van der Waals surface area contributed by atoms with Gasteiger partial charge in [-0.1, -0.05) is 19.9 Å². The maximum Gasteiger partial charge on any atom is 0.197 e. The molecule has 4 N–H and O–H groups in total. The molecule has 0 aliphatic rings. The van der Waals surface area contributed by atoms with Gasteiger partial charge in [0, 0.05) is 25.0 Å². The zero-order chi connectivity index (χ0) is 14.8. The molecule has 1 aromatic heterocycles. The van der Waals surface area contributed by atoms with E-state index >= 15 is 0 Å². The minimum Gasteiger partial charge on any atom is -0.376 e. The van der Waals surface area contributed by atoms with Gasteiger partial charge in [-0.05, 0) is 43.1 Å². The van der Waals surface area contributed by atoms with Gasteiger partial charge >= 0.3 is 0 Å². The lowest BCUT2D eigenvalue weighted by molar-refractivity contribution is 0.657. The summed E-state index contributed by atoms with van der Waals surface area (Å²) in [6, 6.07) is 5.95. The Kier molecular flexibility index (Phi) is 7.57. The van der Waals surface area contributed by atoms with E-state index in [0.29, 0.717) is 11.9 Å². The maximum atomic E-state index is 5.48. The molecular formula is C14H23N5S. The summed E-state index contributed by atoms with van der Waals surface area (Å²) in [6.45, 7) is 5.76. The zero-order valence-corrected chi connectivity index (χ0v) is 12.9. The minimum absolute atomic E-state index is 0.227. The SMILES string of the molecule is CC(C)CN=C(NCCCc1ccccn1)NC(N)=S. The Hall–Kier alpha value is -1.69. The van der Waals surface area contributed by atoms with Gasteiger partial charge in [-0.15, -0.1) is 0 Å². The number of pyridine rings is 1. The topological polar surface area (TPSA) is 75.3 Å². The molecular weight excluding hydrogens is 270 g/mol. The summed E-state index contributed by atoms with van der Waals surface area (Å²) >= 11 is 4.84. The standard InChI is InChI=1S/C14H23N5S/c1-11(2)10-18-14(19-13(15)20)17-9-5-7-12-6-3-4-8-16-12/h3-4,6,8,11H,5,7,9-10H2,1-2H3,(H4,15,17,18,19,20). The molecule has 0 atom stereocenters. The molecule has 0 aliphatic heterocycles. The van der Waals surface area contributed by atoms with Gasteiger partial charge in [0.15, 0.2) is 11.1 Å². The number of hydrogen-bond acceptors (Lipinski definition) is 3. The van der Waals surface area contributed by atoms with Crippen LogP contribution in [-0.2, 0) is 6.42 Å². The van der Waals surface area contributed by atoms with Crippen LogP contribution in [0.3, 0.4) is 0 Å². The summed E-state index contributed by atoms with van der Waals surface area (Å²) in [5.74, 6) is 1.14. The average Bonchev–Trinajstić information content (AvgIpc) is 2.41. The van der Waals surface area contributed by atoms with Crippen LogP contribution >= 0.6 is 12.2 Å². The van der Waals surface area contributed by atoms with E-state index in [1.807, 2.05) is 24.4 Å². The Morgan fingerprint density at radius 3 is 2.85 bits per heavy atom. The van der Waals surface area contributed by atoms with Crippen molar-refractivity contribution in [2.24, 2.45) is 16.6 Å². The molecule has 0 bridgehead atoms. The van der Waals surface area contributed by atoms with E-state index in [9.17, 15) is 0 Å². The van der Waals surface area contributed by atoms with E-state index in [1.54, 1.807) is 0 Å². The van der Waals surface area contributed by atoms with Gasteiger partial charge in [-0.2, -0.15) is 0 Å². The van der Waals surface area contributed by atoms with Gasteiger partial charge < -0.3 is 16.4 Å². The van der Waals surface area contributed by atoms with Gasteiger partial charge in [0.1, 0.15) is 0 Å². The zero-order valence-electron chi connectivity index (χ0n) is 12.1. The Morgan fingerprint density at radius 2 is 2.25 bits per heavy atom. The van der Waals surface area contributed by atoms with E-state index in [0.717, 1.165) is 31.6 Å². The number of nitrogens with two attached hydrogens (primary N) is 1. The van der Waals surface area contributed by atoms with Crippen molar-refractivity contribution in [3.05, 3.63) is 30.1 Å². The summed E-state index contributed by atoms with van der Waals surface area (Å²) in [4.78, 5) is 8.71. The third-order valence-corrected chi connectivity index (χ3v) is 2.59. The van der Waals surface area contributed by atoms with Crippen LogP contribution in [0.1, 0.15) is 26.0 Å². The fourth-order valence-electron chi connectivity index (χ4n) is 1.55. The number of aryl methyl sites for hydroxylation is 1. The second-order valence-corrected chi connectivity index (χ2v) is 5.36. The van der Waals surface area contributed by atoms with E-state index in [2.05, 4.69) is 34.5 Å². The predicted octanol–water partition coefficient (Wildman–Crippen LogP) is 1.45. The Bertz CT molecular complexity index is 430. The van der Waals surface area contributed by atoms with Crippen LogP contribution in [0.5, 0.6) is 0 Å². The molecule has 5 nitrogen and oxygen atoms in total. The summed E-state index contributed by atoms with van der Waals surface area (Å²) < 4.78 is 0. The molecule has 1 aromatic rings. The molecule has 0 fully saturated rings. The lowest BCUT2D eigenvalue weighted by atomic mass is 10.2. The van der Waals surface area contributed by atoms with Crippen LogP contribution in [0, 0.1) is 5.92 Å². The number of nitrogens with zero attached hydrogens (tertiary/aromatic N) is 2. The molecule has 6 heteroatoms. The average molecular weight is 293 g/mol. The second kappa shape index (κ2) is 9.25. The minimum atomic E-state index is 0.227. The van der Waals surface area contributed by atoms with E-state index in [4.69, 9.17) is 18.0 Å². The molecule has 0 aliphatic carbocycles. The van der Waals surface area contributed by atoms with Crippen molar-refractivity contribution < 1.29 is 0 Å². The fraction of sp³-hybridized carbons (Fsp3) is 0.500. The lowest BCUT2D eigenvalue weighted by Gasteiger charge is -2.12. The van der Waals surface area contributed by atoms with Crippen molar-refractivity contribution >= 4 is 23.3 Å². The molecule has 1 heterocycles. The molecule has 1 rings (SSSR count). The summed E-state index contributed by atoms with van der Waals surface area (Å²) in [6.07, 6.45) is 3.71. The van der Waals surface area contributed by atoms with Gasteiger partial charge in [0.25, 0.3) is 0 Å². The first-order valence-electron chi connectivity index (χ1n) is 6.82. The Labute approximate surface area is 126 Å². The molecule has 0 aromatic carbocycles. The molecule has 20 heavy (non-hydrogen) atoms. The maximum absolute atomic E-state index is 5.48. The molecule has 0 saturated heterocycles. The quantitative estimate of drug-likeness (QED) is 0.320. The van der Waals surface area contributed by atoms with Crippen molar-refractivity contribution in [2.45, 2.75) is 26.7 Å². The van der Waals surface area contributed by atoms with Crippen molar-refractivity contribution in [3.63, 3.8) is 0 Å². The van der Waals surface area contributed by atoms with Crippen LogP contribution in [-0.4, -0.2) is 29.1 Å². The second-order valence-electron chi connectivity index (χ2n) is 4.92. The number of hydrogen-bond donors (Lipinski definition) is 3. The van der Waals surface area contributed by atoms with Crippen molar-refractivity contribution in [1.82, 2.24) is 15.6 Å². The first-order chi connectivity index (χ1) is 9.58. The van der Waals surface area contributed by atoms with Crippen LogP contribution < -0.4 is 16.4 Å². The number of guanidine groups is 1. The summed E-state index contributed by atoms with van der Waals surface area (Å²) in [5.41, 5.74) is 6.58. The van der Waals surface area contributed by atoms with E-state index in [-0.39, 0.29) is 5.11 Å². The smallest absolute Gasteiger partial charge is 0.197 e. The van der Waals surface area contributed by atoms with E-state index < -0.39 is 0 Å². The Balaban J connectivity index is 2.34. The Morgan fingerprint density at radius 1 is 1.45 bits per heavy atom. The molecule has 0 amide bonds. The van der Waals surface area contributed by atoms with Gasteiger partial charge in [-0.3, -0.25) is 9.98 Å². The molecule has 110 valence electrons. The third-order valence-electron chi connectivity index (χ3n) is 2.48. The summed E-state index contributed by atoms with van der Waals surface area (Å²) in [5, 5.41) is 6.31. The molecule has 0 radical (unpaired) electrons. The van der Waals surface area contributed by atoms with Crippen molar-refractivity contribution in [3.8, 4) is 0 Å². The highest BCUT2D eigenvalue weighted by Crippen LogP contribution is 1.97. The van der Waals surface area contributed by atoms with Crippen LogP contribution in [0.15, 0.2) is 29.4 Å². The third kappa shape index (κ3) is 7.68. The first-order valence-corrected chi connectivity index (χ1v) is 7.23. The molecule has 0 saturated carbocycles. The van der Waals surface area contributed by atoms with Crippen molar-refractivity contribution in [1.29, 1.82) is 0 Å². The van der Waals surface area contributed by atoms with Crippen LogP contribution in [0.4, 0.5) is 0 Å². The number of aliphatic imine (C=N–C) groups is 1. The highest BCUT2D eigenvalue weighted by atomic mass is 32.1. The molecule has 0 spiro atoms. The first kappa shape index (κ1) is 16.4. The van der Waals surface area contributed by atoms with Crippen LogP contribution in [0.2, 0.25) is 0 Å². The summed E-state index contributed by atoms with van der Waals surface area (Å²) in [7, 11) is 0.